The van der Waals surface area contributed by atoms with Crippen LogP contribution >= 0.6 is 0 Å². The van der Waals surface area contributed by atoms with Gasteiger partial charge >= 0.3 is 6.18 Å². The van der Waals surface area contributed by atoms with Crippen LogP contribution in [0.2, 0.25) is 0 Å². The number of halogens is 4. The van der Waals surface area contributed by atoms with E-state index in [4.69, 9.17) is 14.2 Å². The second kappa shape index (κ2) is 13.4. The Kier molecular flexibility index (Phi) is 10.0. The molecule has 0 bridgehead atoms. The molecule has 1 aliphatic rings. The maximum Gasteiger partial charge on any atom is 0.422 e. The lowest BCUT2D eigenvalue weighted by Crippen LogP contribution is -2.27. The van der Waals surface area contributed by atoms with Crippen LogP contribution in [0.1, 0.15) is 68.4 Å². The predicted molar refractivity (Wildman–Crippen MR) is 141 cm³/mol. The zero-order chi connectivity index (χ0) is 27.0. The number of rotatable bonds is 12. The molecule has 0 aliphatic carbocycles. The molecule has 7 heteroatoms. The molecule has 3 nitrogen and oxygen atoms in total. The van der Waals surface area contributed by atoms with E-state index in [0.29, 0.717) is 42.9 Å². The van der Waals surface area contributed by atoms with Crippen LogP contribution in [0.25, 0.3) is 10.8 Å². The fourth-order valence-electron chi connectivity index (χ4n) is 4.83. The van der Waals surface area contributed by atoms with Crippen molar-refractivity contribution in [3.05, 3.63) is 77.1 Å². The number of aryl methyl sites for hydroxylation is 2. The number of hydrogen-bond donors (Lipinski definition) is 0. The molecule has 38 heavy (non-hydrogen) atoms. The molecule has 3 aromatic carbocycles. The van der Waals surface area contributed by atoms with Crippen LogP contribution in [0.4, 0.5) is 17.6 Å². The van der Waals surface area contributed by atoms with Gasteiger partial charge in [0.2, 0.25) is 0 Å². The van der Waals surface area contributed by atoms with Crippen molar-refractivity contribution in [1.29, 1.82) is 0 Å². The molecule has 1 heterocycles. The standard InChI is InChI=1S/C31H36F4O3/c1-2-3-4-5-6-7-23-19-36-30(37-20-23)26-14-17-28-25(18-26)13-12-24(29(28)32)11-8-22-9-15-27(16-10-22)38-21-31(33,34)35/h9-10,12-18,23,30H,2-8,11,19-21H2,1H3. The van der Waals surface area contributed by atoms with Crippen LogP contribution in [0.15, 0.2) is 54.6 Å². The minimum absolute atomic E-state index is 0.155. The first-order valence-electron chi connectivity index (χ1n) is 13.5. The van der Waals surface area contributed by atoms with Crippen molar-refractivity contribution >= 4 is 10.8 Å². The first-order chi connectivity index (χ1) is 18.3. The molecular formula is C31H36F4O3. The lowest BCUT2D eigenvalue weighted by molar-refractivity contribution is -0.206. The van der Waals surface area contributed by atoms with Crippen LogP contribution in [-0.4, -0.2) is 26.0 Å². The molecule has 206 valence electrons. The van der Waals surface area contributed by atoms with Crippen LogP contribution in [0.5, 0.6) is 5.75 Å². The Morgan fingerprint density at radius 3 is 2.32 bits per heavy atom. The number of benzene rings is 3. The van der Waals surface area contributed by atoms with Crippen molar-refractivity contribution in [2.45, 2.75) is 70.8 Å². The molecular weight excluding hydrogens is 496 g/mol. The van der Waals surface area contributed by atoms with Crippen molar-refractivity contribution in [2.24, 2.45) is 5.92 Å². The van der Waals surface area contributed by atoms with Crippen molar-refractivity contribution in [2.75, 3.05) is 19.8 Å². The van der Waals surface area contributed by atoms with E-state index in [-0.39, 0.29) is 11.6 Å². The summed E-state index contributed by atoms with van der Waals surface area (Å²) in [6, 6.07) is 15.7. The van der Waals surface area contributed by atoms with E-state index in [0.717, 1.165) is 22.9 Å². The topological polar surface area (TPSA) is 27.7 Å². The van der Waals surface area contributed by atoms with Gasteiger partial charge < -0.3 is 14.2 Å². The van der Waals surface area contributed by atoms with Gasteiger partial charge in [-0.05, 0) is 54.0 Å². The summed E-state index contributed by atoms with van der Waals surface area (Å²) in [5, 5.41) is 1.34. The predicted octanol–water partition coefficient (Wildman–Crippen LogP) is 8.73. The average molecular weight is 533 g/mol. The van der Waals surface area contributed by atoms with E-state index < -0.39 is 19.1 Å². The van der Waals surface area contributed by atoms with Crippen LogP contribution in [-0.2, 0) is 22.3 Å². The summed E-state index contributed by atoms with van der Waals surface area (Å²) in [5.41, 5.74) is 2.37. The highest BCUT2D eigenvalue weighted by atomic mass is 19.4. The smallest absolute Gasteiger partial charge is 0.422 e. The Morgan fingerprint density at radius 1 is 0.868 bits per heavy atom. The van der Waals surface area contributed by atoms with E-state index in [9.17, 15) is 13.2 Å². The van der Waals surface area contributed by atoms with Gasteiger partial charge in [-0.3, -0.25) is 0 Å². The van der Waals surface area contributed by atoms with E-state index >= 15 is 4.39 Å². The molecule has 0 amide bonds. The molecule has 0 N–H and O–H groups in total. The molecule has 1 saturated heterocycles. The third kappa shape index (κ3) is 8.18. The molecule has 0 unspecified atom stereocenters. The van der Waals surface area contributed by atoms with E-state index in [1.165, 1.54) is 44.2 Å². The van der Waals surface area contributed by atoms with Gasteiger partial charge in [-0.25, -0.2) is 4.39 Å². The van der Waals surface area contributed by atoms with Crippen molar-refractivity contribution in [3.63, 3.8) is 0 Å². The van der Waals surface area contributed by atoms with Gasteiger partial charge in [0.05, 0.1) is 13.2 Å². The second-order valence-corrected chi connectivity index (χ2v) is 10.1. The monoisotopic (exact) mass is 532 g/mol. The Bertz CT molecular complexity index is 1150. The Labute approximate surface area is 222 Å². The van der Waals surface area contributed by atoms with Crippen molar-refractivity contribution in [3.8, 4) is 5.75 Å². The molecule has 0 radical (unpaired) electrons. The van der Waals surface area contributed by atoms with Gasteiger partial charge in [0.1, 0.15) is 11.6 Å². The van der Waals surface area contributed by atoms with Crippen LogP contribution in [0, 0.1) is 11.7 Å². The second-order valence-electron chi connectivity index (χ2n) is 10.1. The molecule has 0 atom stereocenters. The maximum absolute atomic E-state index is 15.3. The molecule has 1 aliphatic heterocycles. The summed E-state index contributed by atoms with van der Waals surface area (Å²) in [6.45, 7) is 2.26. The zero-order valence-electron chi connectivity index (χ0n) is 21.9. The summed E-state index contributed by atoms with van der Waals surface area (Å²) in [6.07, 6.45) is 3.66. The van der Waals surface area contributed by atoms with E-state index in [1.807, 2.05) is 18.2 Å². The molecule has 0 spiro atoms. The molecule has 0 aromatic heterocycles. The number of hydrogen-bond acceptors (Lipinski definition) is 3. The first kappa shape index (κ1) is 28.4. The van der Waals surface area contributed by atoms with Gasteiger partial charge in [0, 0.05) is 16.9 Å². The number of unbranched alkanes of at least 4 members (excludes halogenated alkanes) is 4. The van der Waals surface area contributed by atoms with Crippen LogP contribution < -0.4 is 4.74 Å². The highest BCUT2D eigenvalue weighted by molar-refractivity contribution is 5.84. The maximum atomic E-state index is 15.3. The fraction of sp³-hybridized carbons (Fsp3) is 0.484. The highest BCUT2D eigenvalue weighted by Gasteiger charge is 2.28. The van der Waals surface area contributed by atoms with Crippen molar-refractivity contribution in [1.82, 2.24) is 0 Å². The van der Waals surface area contributed by atoms with Gasteiger partial charge in [0.15, 0.2) is 12.9 Å². The van der Waals surface area contributed by atoms with Gasteiger partial charge in [-0.1, -0.05) is 75.4 Å². The minimum atomic E-state index is -4.38. The SMILES string of the molecule is CCCCCCCC1COC(c2ccc3c(F)c(CCc4ccc(OCC(F)(F)F)cc4)ccc3c2)OC1. The van der Waals surface area contributed by atoms with Gasteiger partial charge in [-0.2, -0.15) is 13.2 Å². The highest BCUT2D eigenvalue weighted by Crippen LogP contribution is 2.31. The molecule has 3 aromatic rings. The zero-order valence-corrected chi connectivity index (χ0v) is 21.9. The molecule has 1 fully saturated rings. The molecule has 4 rings (SSSR count). The number of ether oxygens (including phenoxy) is 3. The summed E-state index contributed by atoms with van der Waals surface area (Å²) < 4.78 is 68.9. The lowest BCUT2D eigenvalue weighted by Gasteiger charge is -2.30. The normalized spacial score (nSPS) is 18.1. The fourth-order valence-corrected chi connectivity index (χ4v) is 4.83. The Hall–Kier alpha value is -2.64. The van der Waals surface area contributed by atoms with E-state index in [2.05, 4.69) is 6.92 Å². The van der Waals surface area contributed by atoms with Crippen molar-refractivity contribution < 1.29 is 31.8 Å². The molecule has 0 saturated carbocycles. The summed E-state index contributed by atoms with van der Waals surface area (Å²) in [5.74, 6) is 0.326. The number of fused-ring (bicyclic) bond motifs is 1. The Balaban J connectivity index is 1.30. The third-order valence-corrected chi connectivity index (χ3v) is 7.02. The summed E-state index contributed by atoms with van der Waals surface area (Å²) in [7, 11) is 0. The number of alkyl halides is 3. The van der Waals surface area contributed by atoms with E-state index in [1.54, 1.807) is 24.3 Å². The summed E-state index contributed by atoms with van der Waals surface area (Å²) in [4.78, 5) is 0. The quantitative estimate of drug-likeness (QED) is 0.172. The minimum Gasteiger partial charge on any atom is -0.484 e. The summed E-state index contributed by atoms with van der Waals surface area (Å²) >= 11 is 0. The largest absolute Gasteiger partial charge is 0.484 e. The first-order valence-corrected chi connectivity index (χ1v) is 13.5. The Morgan fingerprint density at radius 2 is 1.61 bits per heavy atom. The third-order valence-electron chi connectivity index (χ3n) is 7.02. The van der Waals surface area contributed by atoms with Gasteiger partial charge in [0.25, 0.3) is 0 Å². The van der Waals surface area contributed by atoms with Crippen LogP contribution in [0.3, 0.4) is 0 Å². The van der Waals surface area contributed by atoms with Gasteiger partial charge in [-0.15, -0.1) is 0 Å². The average Bonchev–Trinajstić information content (AvgIpc) is 2.92. The lowest BCUT2D eigenvalue weighted by atomic mass is 9.98.